The van der Waals surface area contributed by atoms with Crippen molar-refractivity contribution in [1.82, 2.24) is 10.6 Å². The molecule has 1 spiro atoms. The molecular formula is C12H11BrN2O2. The third kappa shape index (κ3) is 1.49. The third-order valence-electron chi connectivity index (χ3n) is 3.47. The van der Waals surface area contributed by atoms with Crippen LogP contribution in [0, 0.1) is 0 Å². The Hall–Kier alpha value is -1.36. The van der Waals surface area contributed by atoms with E-state index in [1.54, 1.807) is 0 Å². The molecule has 0 radical (unpaired) electrons. The zero-order valence-electron chi connectivity index (χ0n) is 9.05. The van der Waals surface area contributed by atoms with Crippen molar-refractivity contribution in [2.45, 2.75) is 24.8 Å². The Morgan fingerprint density at radius 2 is 2.12 bits per heavy atom. The van der Waals surface area contributed by atoms with Crippen molar-refractivity contribution in [1.29, 1.82) is 0 Å². The predicted octanol–water partition coefficient (Wildman–Crippen LogP) is 1.82. The number of amides is 3. The van der Waals surface area contributed by atoms with E-state index in [2.05, 4.69) is 26.6 Å². The van der Waals surface area contributed by atoms with Gasteiger partial charge in [0.15, 0.2) is 0 Å². The van der Waals surface area contributed by atoms with Crippen molar-refractivity contribution >= 4 is 27.9 Å². The van der Waals surface area contributed by atoms with E-state index in [1.165, 1.54) is 0 Å². The Balaban J connectivity index is 2.17. The molecule has 1 atom stereocenters. The molecule has 0 bridgehead atoms. The van der Waals surface area contributed by atoms with Gasteiger partial charge in [-0.3, -0.25) is 10.1 Å². The number of benzene rings is 1. The van der Waals surface area contributed by atoms with E-state index < -0.39 is 11.6 Å². The molecule has 1 aliphatic carbocycles. The van der Waals surface area contributed by atoms with E-state index in [0.717, 1.165) is 28.4 Å². The molecule has 4 nitrogen and oxygen atoms in total. The molecule has 5 heteroatoms. The van der Waals surface area contributed by atoms with Crippen LogP contribution in [0.4, 0.5) is 4.79 Å². The average molecular weight is 295 g/mol. The topological polar surface area (TPSA) is 58.2 Å². The molecule has 1 aromatic rings. The number of urea groups is 1. The number of hydrogen-bond donors (Lipinski definition) is 2. The summed E-state index contributed by atoms with van der Waals surface area (Å²) in [5.41, 5.74) is 1.21. The maximum absolute atomic E-state index is 12.0. The lowest BCUT2D eigenvalue weighted by atomic mass is 9.76. The highest BCUT2D eigenvalue weighted by Crippen LogP contribution is 2.38. The molecule has 1 unspecified atom stereocenters. The smallest absolute Gasteiger partial charge is 0.319 e. The number of imide groups is 1. The molecule has 1 heterocycles. The SMILES string of the molecule is O=C1NC(=O)C2(CCCc3cc(Br)ccc32)N1. The molecule has 88 valence electrons. The third-order valence-corrected chi connectivity index (χ3v) is 3.96. The molecule has 1 saturated heterocycles. The quantitative estimate of drug-likeness (QED) is 0.717. The summed E-state index contributed by atoms with van der Waals surface area (Å²) in [6, 6.07) is 5.45. The Labute approximate surface area is 107 Å². The molecule has 1 fully saturated rings. The highest BCUT2D eigenvalue weighted by Gasteiger charge is 2.49. The normalized spacial score (nSPS) is 26.6. The Morgan fingerprint density at radius 3 is 2.82 bits per heavy atom. The lowest BCUT2D eigenvalue weighted by Gasteiger charge is -2.32. The number of fused-ring (bicyclic) bond motifs is 2. The maximum Gasteiger partial charge on any atom is 0.322 e. The van der Waals surface area contributed by atoms with E-state index in [4.69, 9.17) is 0 Å². The van der Waals surface area contributed by atoms with E-state index in [1.807, 2.05) is 18.2 Å². The number of aryl methyl sites for hydroxylation is 1. The second-order valence-corrected chi connectivity index (χ2v) is 5.38. The summed E-state index contributed by atoms with van der Waals surface area (Å²) in [4.78, 5) is 23.4. The Kier molecular flexibility index (Phi) is 2.26. The van der Waals surface area contributed by atoms with Gasteiger partial charge in [-0.05, 0) is 42.5 Å². The second kappa shape index (κ2) is 3.57. The van der Waals surface area contributed by atoms with Crippen LogP contribution < -0.4 is 10.6 Å². The molecule has 3 rings (SSSR count). The fourth-order valence-corrected chi connectivity index (χ4v) is 3.13. The van der Waals surface area contributed by atoms with E-state index in [9.17, 15) is 9.59 Å². The Morgan fingerprint density at radius 1 is 1.29 bits per heavy atom. The average Bonchev–Trinajstić information content (AvgIpc) is 2.54. The molecule has 0 aromatic heterocycles. The molecule has 2 N–H and O–H groups in total. The van der Waals surface area contributed by atoms with Gasteiger partial charge in [-0.15, -0.1) is 0 Å². The van der Waals surface area contributed by atoms with Crippen molar-refractivity contribution in [3.8, 4) is 0 Å². The van der Waals surface area contributed by atoms with Gasteiger partial charge in [-0.2, -0.15) is 0 Å². The lowest BCUT2D eigenvalue weighted by Crippen LogP contribution is -2.46. The minimum atomic E-state index is -0.842. The van der Waals surface area contributed by atoms with Crippen molar-refractivity contribution in [3.63, 3.8) is 0 Å². The number of hydrogen-bond acceptors (Lipinski definition) is 2. The van der Waals surface area contributed by atoms with Gasteiger partial charge in [0.25, 0.3) is 5.91 Å². The zero-order valence-corrected chi connectivity index (χ0v) is 10.6. The van der Waals surface area contributed by atoms with Crippen LogP contribution in [-0.2, 0) is 16.8 Å². The number of carbonyl (C=O) groups excluding carboxylic acids is 2. The fourth-order valence-electron chi connectivity index (χ4n) is 2.72. The van der Waals surface area contributed by atoms with E-state index in [-0.39, 0.29) is 5.91 Å². The van der Waals surface area contributed by atoms with Gasteiger partial charge in [-0.1, -0.05) is 22.0 Å². The number of carbonyl (C=O) groups is 2. The number of rotatable bonds is 0. The van der Waals surface area contributed by atoms with Gasteiger partial charge in [-0.25, -0.2) is 4.79 Å². The molecule has 3 amide bonds. The van der Waals surface area contributed by atoms with Crippen LogP contribution in [0.5, 0.6) is 0 Å². The largest absolute Gasteiger partial charge is 0.322 e. The van der Waals surface area contributed by atoms with Crippen LogP contribution in [0.25, 0.3) is 0 Å². The Bertz CT molecular complexity index is 529. The maximum atomic E-state index is 12.0. The minimum Gasteiger partial charge on any atom is -0.319 e. The van der Waals surface area contributed by atoms with Gasteiger partial charge in [0.05, 0.1) is 0 Å². The standard InChI is InChI=1S/C12H11BrN2O2/c13-8-3-4-9-7(6-8)2-1-5-12(9)10(16)14-11(17)15-12/h3-4,6H,1-2,5H2,(H2,14,15,16,17). The summed E-state index contributed by atoms with van der Waals surface area (Å²) < 4.78 is 0.998. The monoisotopic (exact) mass is 294 g/mol. The van der Waals surface area contributed by atoms with Crippen molar-refractivity contribution in [3.05, 3.63) is 33.8 Å². The van der Waals surface area contributed by atoms with Crippen LogP contribution in [0.3, 0.4) is 0 Å². The summed E-state index contributed by atoms with van der Waals surface area (Å²) in [5.74, 6) is -0.231. The summed E-state index contributed by atoms with van der Waals surface area (Å²) in [6.45, 7) is 0. The van der Waals surface area contributed by atoms with Gasteiger partial charge in [0, 0.05) is 4.47 Å². The van der Waals surface area contributed by atoms with Gasteiger partial charge >= 0.3 is 6.03 Å². The van der Waals surface area contributed by atoms with Crippen molar-refractivity contribution < 1.29 is 9.59 Å². The fraction of sp³-hybridized carbons (Fsp3) is 0.333. The van der Waals surface area contributed by atoms with Gasteiger partial charge < -0.3 is 5.32 Å². The minimum absolute atomic E-state index is 0.231. The van der Waals surface area contributed by atoms with Crippen molar-refractivity contribution in [2.24, 2.45) is 0 Å². The highest BCUT2D eigenvalue weighted by atomic mass is 79.9. The van der Waals surface area contributed by atoms with Crippen LogP contribution in [0.15, 0.2) is 22.7 Å². The first-order valence-corrected chi connectivity index (χ1v) is 6.34. The first-order valence-electron chi connectivity index (χ1n) is 5.54. The first kappa shape index (κ1) is 10.8. The first-order chi connectivity index (χ1) is 8.12. The molecule has 2 aliphatic rings. The van der Waals surface area contributed by atoms with Crippen molar-refractivity contribution in [2.75, 3.05) is 0 Å². The number of halogens is 1. The molecule has 17 heavy (non-hydrogen) atoms. The molecular weight excluding hydrogens is 284 g/mol. The van der Waals surface area contributed by atoms with Gasteiger partial charge in [0.2, 0.25) is 0 Å². The lowest BCUT2D eigenvalue weighted by molar-refractivity contribution is -0.124. The van der Waals surface area contributed by atoms with E-state index >= 15 is 0 Å². The molecule has 1 aromatic carbocycles. The summed E-state index contributed by atoms with van der Waals surface area (Å²) in [7, 11) is 0. The van der Waals surface area contributed by atoms with Crippen LogP contribution in [-0.4, -0.2) is 11.9 Å². The number of nitrogens with one attached hydrogen (secondary N) is 2. The molecule has 1 aliphatic heterocycles. The summed E-state index contributed by atoms with van der Waals surface area (Å²) in [5, 5.41) is 5.11. The van der Waals surface area contributed by atoms with Crippen LogP contribution in [0.2, 0.25) is 0 Å². The second-order valence-electron chi connectivity index (χ2n) is 4.47. The summed E-state index contributed by atoms with van der Waals surface area (Å²) in [6.07, 6.45) is 2.51. The van der Waals surface area contributed by atoms with Crippen LogP contribution in [0.1, 0.15) is 24.0 Å². The van der Waals surface area contributed by atoms with Gasteiger partial charge in [0.1, 0.15) is 5.54 Å². The highest BCUT2D eigenvalue weighted by molar-refractivity contribution is 9.10. The molecule has 0 saturated carbocycles. The zero-order chi connectivity index (χ0) is 12.0. The van der Waals surface area contributed by atoms with Crippen LogP contribution >= 0.6 is 15.9 Å². The van der Waals surface area contributed by atoms with E-state index in [0.29, 0.717) is 6.42 Å². The predicted molar refractivity (Wildman–Crippen MR) is 65.4 cm³/mol. The summed E-state index contributed by atoms with van der Waals surface area (Å²) >= 11 is 3.43.